The quantitative estimate of drug-likeness (QED) is 0.357. The Morgan fingerprint density at radius 3 is 2.50 bits per heavy atom. The first kappa shape index (κ1) is 21.2. The maximum absolute atomic E-state index is 9.61. The lowest BCUT2D eigenvalue weighted by atomic mass is 9.93. The van der Waals surface area contributed by atoms with Crippen LogP contribution in [0.25, 0.3) is 0 Å². The van der Waals surface area contributed by atoms with Gasteiger partial charge in [0.2, 0.25) is 0 Å². The van der Waals surface area contributed by atoms with E-state index in [0.717, 1.165) is 43.8 Å². The first-order valence-electron chi connectivity index (χ1n) is 8.53. The highest BCUT2D eigenvalue weighted by Crippen LogP contribution is 2.19. The fraction of sp³-hybridized carbons (Fsp3) is 0.611. The number of guanidine groups is 1. The Kier molecular flexibility index (Phi) is 10.3. The van der Waals surface area contributed by atoms with Gasteiger partial charge >= 0.3 is 0 Å². The molecule has 1 aliphatic carbocycles. The SMILES string of the molecule is CCNC(=NCC(OC)c1ccccc1)NC1CCC(O)CC1.I. The van der Waals surface area contributed by atoms with Crippen LogP contribution >= 0.6 is 24.0 Å². The highest BCUT2D eigenvalue weighted by molar-refractivity contribution is 14.0. The minimum atomic E-state index is -0.136. The number of ether oxygens (including phenoxy) is 1. The molecule has 0 aliphatic heterocycles. The van der Waals surface area contributed by atoms with Crippen LogP contribution < -0.4 is 10.6 Å². The summed E-state index contributed by atoms with van der Waals surface area (Å²) in [7, 11) is 1.72. The van der Waals surface area contributed by atoms with Crippen LogP contribution in [0, 0.1) is 0 Å². The van der Waals surface area contributed by atoms with Gasteiger partial charge in [-0.2, -0.15) is 0 Å². The standard InChI is InChI=1S/C18H29N3O2.HI/c1-3-19-18(21-15-9-11-16(22)12-10-15)20-13-17(23-2)14-7-5-4-6-8-14;/h4-8,15-17,22H,3,9-13H2,1-2H3,(H2,19,20,21);1H. The number of rotatable bonds is 6. The number of hydrogen-bond donors (Lipinski definition) is 3. The highest BCUT2D eigenvalue weighted by Gasteiger charge is 2.20. The number of benzene rings is 1. The molecule has 1 aromatic rings. The van der Waals surface area contributed by atoms with Crippen LogP contribution in [-0.2, 0) is 4.74 Å². The summed E-state index contributed by atoms with van der Waals surface area (Å²) in [4.78, 5) is 4.68. The van der Waals surface area contributed by atoms with Crippen LogP contribution in [0.2, 0.25) is 0 Å². The maximum atomic E-state index is 9.61. The van der Waals surface area contributed by atoms with Crippen molar-refractivity contribution in [2.24, 2.45) is 4.99 Å². The monoisotopic (exact) mass is 447 g/mol. The van der Waals surface area contributed by atoms with Gasteiger partial charge in [0.1, 0.15) is 6.10 Å². The molecule has 1 unspecified atom stereocenters. The second-order valence-corrected chi connectivity index (χ2v) is 6.00. The average molecular weight is 447 g/mol. The van der Waals surface area contributed by atoms with Crippen LogP contribution in [0.1, 0.15) is 44.3 Å². The molecule has 3 N–H and O–H groups in total. The van der Waals surface area contributed by atoms with E-state index < -0.39 is 0 Å². The molecule has 0 bridgehead atoms. The molecule has 0 saturated heterocycles. The Morgan fingerprint density at radius 1 is 1.25 bits per heavy atom. The van der Waals surface area contributed by atoms with E-state index >= 15 is 0 Å². The predicted octanol–water partition coefficient (Wildman–Crippen LogP) is 2.85. The summed E-state index contributed by atoms with van der Waals surface area (Å²) in [5.41, 5.74) is 1.13. The molecule has 0 aromatic heterocycles. The van der Waals surface area contributed by atoms with Gasteiger partial charge < -0.3 is 20.5 Å². The fourth-order valence-corrected chi connectivity index (χ4v) is 2.89. The molecule has 1 aliphatic rings. The molecule has 0 spiro atoms. The topological polar surface area (TPSA) is 65.9 Å². The third-order valence-corrected chi connectivity index (χ3v) is 4.25. The normalized spacial score (nSPS) is 22.4. The van der Waals surface area contributed by atoms with Gasteiger partial charge in [-0.3, -0.25) is 4.99 Å². The second-order valence-electron chi connectivity index (χ2n) is 6.00. The van der Waals surface area contributed by atoms with Crippen molar-refractivity contribution in [3.8, 4) is 0 Å². The zero-order valence-corrected chi connectivity index (χ0v) is 16.9. The Bertz CT molecular complexity index is 476. The van der Waals surface area contributed by atoms with Gasteiger partial charge in [-0.1, -0.05) is 30.3 Å². The van der Waals surface area contributed by atoms with Gasteiger partial charge in [0.25, 0.3) is 0 Å². The molecule has 1 aromatic carbocycles. The van der Waals surface area contributed by atoms with Gasteiger partial charge in [-0.25, -0.2) is 0 Å². The molecule has 6 heteroatoms. The van der Waals surface area contributed by atoms with Crippen molar-refractivity contribution in [1.29, 1.82) is 0 Å². The summed E-state index contributed by atoms with van der Waals surface area (Å²) in [6.45, 7) is 3.46. The van der Waals surface area contributed by atoms with E-state index in [0.29, 0.717) is 12.6 Å². The van der Waals surface area contributed by atoms with Crippen LogP contribution in [-0.4, -0.2) is 43.4 Å². The number of aliphatic hydroxyl groups excluding tert-OH is 1. The third-order valence-electron chi connectivity index (χ3n) is 4.25. The molecule has 24 heavy (non-hydrogen) atoms. The lowest BCUT2D eigenvalue weighted by Crippen LogP contribution is -2.45. The number of methoxy groups -OCH3 is 1. The van der Waals surface area contributed by atoms with Crippen molar-refractivity contribution in [2.45, 2.75) is 50.9 Å². The number of nitrogens with zero attached hydrogens (tertiary/aromatic N) is 1. The number of halogens is 1. The molecule has 1 atom stereocenters. The van der Waals surface area contributed by atoms with Crippen molar-refractivity contribution < 1.29 is 9.84 Å². The first-order valence-corrected chi connectivity index (χ1v) is 8.53. The molecule has 2 rings (SSSR count). The highest BCUT2D eigenvalue weighted by atomic mass is 127. The Morgan fingerprint density at radius 2 is 1.92 bits per heavy atom. The minimum absolute atomic E-state index is 0. The zero-order valence-electron chi connectivity index (χ0n) is 14.6. The summed E-state index contributed by atoms with van der Waals surface area (Å²) in [6.07, 6.45) is 3.52. The maximum Gasteiger partial charge on any atom is 0.191 e. The van der Waals surface area contributed by atoms with E-state index in [9.17, 15) is 5.11 Å². The molecule has 1 fully saturated rings. The van der Waals surface area contributed by atoms with E-state index in [1.807, 2.05) is 18.2 Å². The molecule has 0 heterocycles. The number of nitrogens with one attached hydrogen (secondary N) is 2. The minimum Gasteiger partial charge on any atom is -0.393 e. The summed E-state index contributed by atoms with van der Waals surface area (Å²) >= 11 is 0. The Balaban J connectivity index is 0.00000288. The molecular weight excluding hydrogens is 417 g/mol. The van der Waals surface area contributed by atoms with E-state index in [-0.39, 0.29) is 36.2 Å². The zero-order chi connectivity index (χ0) is 16.5. The van der Waals surface area contributed by atoms with Crippen LogP contribution in [0.15, 0.2) is 35.3 Å². The van der Waals surface area contributed by atoms with E-state index in [1.54, 1.807) is 7.11 Å². The molecule has 0 radical (unpaired) electrons. The first-order chi connectivity index (χ1) is 11.2. The fourth-order valence-electron chi connectivity index (χ4n) is 2.89. The average Bonchev–Trinajstić information content (AvgIpc) is 2.58. The van der Waals surface area contributed by atoms with Gasteiger partial charge in [-0.15, -0.1) is 24.0 Å². The smallest absolute Gasteiger partial charge is 0.191 e. The second kappa shape index (κ2) is 11.7. The largest absolute Gasteiger partial charge is 0.393 e. The van der Waals surface area contributed by atoms with E-state index in [2.05, 4.69) is 34.7 Å². The Hall–Kier alpha value is -0.860. The molecule has 5 nitrogen and oxygen atoms in total. The van der Waals surface area contributed by atoms with Gasteiger partial charge in [0.05, 0.1) is 12.6 Å². The molecule has 1 saturated carbocycles. The Labute approximate surface area is 162 Å². The van der Waals surface area contributed by atoms with Gasteiger partial charge in [-0.05, 0) is 38.2 Å². The summed E-state index contributed by atoms with van der Waals surface area (Å²) in [5, 5.41) is 16.4. The van der Waals surface area contributed by atoms with Crippen LogP contribution in [0.3, 0.4) is 0 Å². The predicted molar refractivity (Wildman–Crippen MR) is 109 cm³/mol. The lowest BCUT2D eigenvalue weighted by molar-refractivity contribution is 0.110. The number of hydrogen-bond acceptors (Lipinski definition) is 3. The molecular formula is C18H30IN3O2. The van der Waals surface area contributed by atoms with Crippen molar-refractivity contribution in [1.82, 2.24) is 10.6 Å². The van der Waals surface area contributed by atoms with Crippen molar-refractivity contribution in [3.05, 3.63) is 35.9 Å². The van der Waals surface area contributed by atoms with E-state index in [1.165, 1.54) is 0 Å². The van der Waals surface area contributed by atoms with Crippen LogP contribution in [0.5, 0.6) is 0 Å². The summed E-state index contributed by atoms with van der Waals surface area (Å²) in [5.74, 6) is 0.826. The van der Waals surface area contributed by atoms with Gasteiger partial charge in [0, 0.05) is 19.7 Å². The van der Waals surface area contributed by atoms with Gasteiger partial charge in [0.15, 0.2) is 5.96 Å². The molecule has 136 valence electrons. The van der Waals surface area contributed by atoms with Crippen molar-refractivity contribution in [3.63, 3.8) is 0 Å². The van der Waals surface area contributed by atoms with E-state index in [4.69, 9.17) is 4.74 Å². The van der Waals surface area contributed by atoms with Crippen molar-refractivity contribution in [2.75, 3.05) is 20.2 Å². The lowest BCUT2D eigenvalue weighted by Gasteiger charge is -2.27. The number of aliphatic imine (C=N–C) groups is 1. The van der Waals surface area contributed by atoms with Crippen molar-refractivity contribution >= 4 is 29.9 Å². The summed E-state index contributed by atoms with van der Waals surface area (Å²) in [6, 6.07) is 10.5. The number of aliphatic hydroxyl groups is 1. The third kappa shape index (κ3) is 6.94. The molecule has 0 amide bonds. The van der Waals surface area contributed by atoms with Crippen LogP contribution in [0.4, 0.5) is 0 Å². The summed E-state index contributed by atoms with van der Waals surface area (Å²) < 4.78 is 5.57.